The summed E-state index contributed by atoms with van der Waals surface area (Å²) in [5.41, 5.74) is 4.21. The molecule has 1 aliphatic carbocycles. The van der Waals surface area contributed by atoms with Crippen molar-refractivity contribution in [1.82, 2.24) is 10.6 Å². The second-order valence-corrected chi connectivity index (χ2v) is 5.95. The van der Waals surface area contributed by atoms with Crippen LogP contribution in [0.5, 0.6) is 0 Å². The van der Waals surface area contributed by atoms with Gasteiger partial charge < -0.3 is 10.6 Å². The highest BCUT2D eigenvalue weighted by Gasteiger charge is 2.15. The van der Waals surface area contributed by atoms with Crippen LogP contribution < -0.4 is 10.6 Å². The predicted molar refractivity (Wildman–Crippen MR) is 87.6 cm³/mol. The number of amides is 2. The smallest absolute Gasteiger partial charge is 0.315 e. The van der Waals surface area contributed by atoms with Gasteiger partial charge in [0, 0.05) is 6.54 Å². The Bertz CT molecular complexity index is 470. The minimum atomic E-state index is -0.0481. The third-order valence-electron chi connectivity index (χ3n) is 4.30. The number of benzene rings is 1. The van der Waals surface area contributed by atoms with Crippen LogP contribution in [0.15, 0.2) is 18.2 Å². The maximum Gasteiger partial charge on any atom is 0.315 e. The highest BCUT2D eigenvalue weighted by molar-refractivity contribution is 5.74. The zero-order chi connectivity index (χ0) is 15.1. The Morgan fingerprint density at radius 1 is 1.19 bits per heavy atom. The van der Waals surface area contributed by atoms with Gasteiger partial charge in [0.15, 0.2) is 0 Å². The molecular weight excluding hydrogens is 260 g/mol. The van der Waals surface area contributed by atoms with Gasteiger partial charge >= 0.3 is 6.03 Å². The summed E-state index contributed by atoms with van der Waals surface area (Å²) in [6.07, 6.45) is 8.03. The molecule has 0 aliphatic heterocycles. The molecule has 3 heteroatoms. The highest BCUT2D eigenvalue weighted by atomic mass is 16.2. The molecule has 3 nitrogen and oxygen atoms in total. The Kier molecular flexibility index (Phi) is 6.09. The van der Waals surface area contributed by atoms with E-state index in [0.717, 1.165) is 25.8 Å². The summed E-state index contributed by atoms with van der Waals surface area (Å²) in [6, 6.07) is 6.80. The van der Waals surface area contributed by atoms with Gasteiger partial charge in [0.1, 0.15) is 0 Å². The summed E-state index contributed by atoms with van der Waals surface area (Å²) in [7, 11) is 0. The van der Waals surface area contributed by atoms with Crippen molar-refractivity contribution < 1.29 is 4.79 Å². The number of unbranched alkanes of at least 4 members (excludes halogenated alkanes) is 1. The van der Waals surface area contributed by atoms with Gasteiger partial charge in [-0.3, -0.25) is 0 Å². The third-order valence-corrected chi connectivity index (χ3v) is 4.30. The van der Waals surface area contributed by atoms with Crippen LogP contribution in [0, 0.1) is 0 Å². The van der Waals surface area contributed by atoms with Crippen molar-refractivity contribution >= 4 is 6.03 Å². The molecule has 0 spiro atoms. The highest BCUT2D eigenvalue weighted by Crippen LogP contribution is 2.25. The van der Waals surface area contributed by atoms with Crippen LogP contribution in [-0.4, -0.2) is 12.6 Å². The first-order valence-electron chi connectivity index (χ1n) is 8.40. The third kappa shape index (κ3) is 4.48. The average Bonchev–Trinajstić information content (AvgIpc) is 2.52. The average molecular weight is 288 g/mol. The van der Waals surface area contributed by atoms with E-state index in [4.69, 9.17) is 0 Å². The van der Waals surface area contributed by atoms with Gasteiger partial charge in [0.25, 0.3) is 0 Å². The van der Waals surface area contributed by atoms with Crippen LogP contribution in [0.4, 0.5) is 4.79 Å². The van der Waals surface area contributed by atoms with E-state index in [9.17, 15) is 4.79 Å². The second-order valence-electron chi connectivity index (χ2n) is 5.95. The van der Waals surface area contributed by atoms with Gasteiger partial charge in [0.2, 0.25) is 0 Å². The number of carbonyl (C=O) groups is 1. The van der Waals surface area contributed by atoms with Gasteiger partial charge in [-0.15, -0.1) is 0 Å². The minimum Gasteiger partial charge on any atom is -0.338 e. The summed E-state index contributed by atoms with van der Waals surface area (Å²) >= 11 is 0. The van der Waals surface area contributed by atoms with Crippen LogP contribution in [0.1, 0.15) is 68.7 Å². The van der Waals surface area contributed by atoms with E-state index < -0.39 is 0 Å². The second kappa shape index (κ2) is 8.06. The van der Waals surface area contributed by atoms with Crippen LogP contribution >= 0.6 is 0 Å². The topological polar surface area (TPSA) is 41.1 Å². The first-order chi connectivity index (χ1) is 10.2. The molecule has 2 amide bonds. The standard InChI is InChI=1S/C18H28N2O/c1-3-5-12-19-18(21)20-17(4-2)16-11-10-14-8-6-7-9-15(14)13-16/h10-11,13,17H,3-9,12H2,1-2H3,(H2,19,20,21). The van der Waals surface area contributed by atoms with E-state index in [2.05, 4.69) is 42.7 Å². The van der Waals surface area contributed by atoms with Crippen LogP contribution in [-0.2, 0) is 12.8 Å². The molecule has 0 bridgehead atoms. The number of nitrogens with one attached hydrogen (secondary N) is 2. The maximum absolute atomic E-state index is 11.9. The Morgan fingerprint density at radius 2 is 1.95 bits per heavy atom. The molecular formula is C18H28N2O. The van der Waals surface area contributed by atoms with Crippen molar-refractivity contribution in [1.29, 1.82) is 0 Å². The largest absolute Gasteiger partial charge is 0.338 e. The summed E-state index contributed by atoms with van der Waals surface area (Å²) in [5, 5.41) is 6.03. The Labute approximate surface area is 128 Å². The fraction of sp³-hybridized carbons (Fsp3) is 0.611. The van der Waals surface area contributed by atoms with E-state index in [0.29, 0.717) is 0 Å². The Morgan fingerprint density at radius 3 is 2.67 bits per heavy atom. The number of fused-ring (bicyclic) bond motifs is 1. The molecule has 1 aliphatic rings. The van der Waals surface area contributed by atoms with E-state index in [-0.39, 0.29) is 12.1 Å². The van der Waals surface area contributed by atoms with Crippen molar-refractivity contribution in [3.63, 3.8) is 0 Å². The lowest BCUT2D eigenvalue weighted by Crippen LogP contribution is -2.38. The lowest BCUT2D eigenvalue weighted by Gasteiger charge is -2.22. The quantitative estimate of drug-likeness (QED) is 0.760. The summed E-state index contributed by atoms with van der Waals surface area (Å²) in [5.74, 6) is 0. The number of urea groups is 1. The first-order valence-corrected chi connectivity index (χ1v) is 8.40. The molecule has 21 heavy (non-hydrogen) atoms. The van der Waals surface area contributed by atoms with Crippen molar-refractivity contribution in [3.05, 3.63) is 34.9 Å². The van der Waals surface area contributed by atoms with Crippen LogP contribution in [0.2, 0.25) is 0 Å². The molecule has 0 saturated heterocycles. The Balaban J connectivity index is 1.98. The number of aryl methyl sites for hydroxylation is 2. The molecule has 1 aromatic rings. The molecule has 0 fully saturated rings. The van der Waals surface area contributed by atoms with E-state index >= 15 is 0 Å². The fourth-order valence-corrected chi connectivity index (χ4v) is 2.98. The number of rotatable bonds is 6. The zero-order valence-corrected chi connectivity index (χ0v) is 13.4. The van der Waals surface area contributed by atoms with Gasteiger partial charge in [0.05, 0.1) is 6.04 Å². The van der Waals surface area contributed by atoms with E-state index in [1.807, 2.05) is 0 Å². The summed E-state index contributed by atoms with van der Waals surface area (Å²) in [4.78, 5) is 11.9. The molecule has 1 unspecified atom stereocenters. The molecule has 2 N–H and O–H groups in total. The lowest BCUT2D eigenvalue weighted by molar-refractivity contribution is 0.236. The minimum absolute atomic E-state index is 0.0481. The van der Waals surface area contributed by atoms with E-state index in [1.54, 1.807) is 0 Å². The van der Waals surface area contributed by atoms with Gasteiger partial charge in [-0.25, -0.2) is 4.79 Å². The van der Waals surface area contributed by atoms with Crippen molar-refractivity contribution in [2.24, 2.45) is 0 Å². The zero-order valence-electron chi connectivity index (χ0n) is 13.4. The normalized spacial score (nSPS) is 15.1. The molecule has 116 valence electrons. The lowest BCUT2D eigenvalue weighted by atomic mass is 9.89. The van der Waals surface area contributed by atoms with Gasteiger partial charge in [-0.2, -0.15) is 0 Å². The van der Waals surface area contributed by atoms with Crippen LogP contribution in [0.3, 0.4) is 0 Å². The van der Waals surface area contributed by atoms with E-state index in [1.165, 1.54) is 42.4 Å². The first kappa shape index (κ1) is 15.9. The van der Waals surface area contributed by atoms with Crippen molar-refractivity contribution in [2.45, 2.75) is 64.8 Å². The Hall–Kier alpha value is -1.51. The maximum atomic E-state index is 11.9. The molecule has 0 aromatic heterocycles. The molecule has 2 rings (SSSR count). The molecule has 0 saturated carbocycles. The van der Waals surface area contributed by atoms with Crippen molar-refractivity contribution in [2.75, 3.05) is 6.54 Å². The van der Waals surface area contributed by atoms with Gasteiger partial charge in [-0.05, 0) is 55.2 Å². The molecule has 0 radical (unpaired) electrons. The predicted octanol–water partition coefficient (Wildman–Crippen LogP) is 4.12. The van der Waals surface area contributed by atoms with Gasteiger partial charge in [-0.1, -0.05) is 38.5 Å². The molecule has 1 atom stereocenters. The molecule has 1 aromatic carbocycles. The monoisotopic (exact) mass is 288 g/mol. The van der Waals surface area contributed by atoms with Crippen molar-refractivity contribution in [3.8, 4) is 0 Å². The molecule has 0 heterocycles. The number of hydrogen-bond donors (Lipinski definition) is 2. The fourth-order valence-electron chi connectivity index (χ4n) is 2.98. The SMILES string of the molecule is CCCCNC(=O)NC(CC)c1ccc2c(c1)CCCC2. The number of carbonyl (C=O) groups excluding carboxylic acids is 1. The van der Waals surface area contributed by atoms with Crippen LogP contribution in [0.25, 0.3) is 0 Å². The summed E-state index contributed by atoms with van der Waals surface area (Å²) < 4.78 is 0. The number of hydrogen-bond acceptors (Lipinski definition) is 1. The summed E-state index contributed by atoms with van der Waals surface area (Å²) in [6.45, 7) is 5.00.